The van der Waals surface area contributed by atoms with Crippen molar-refractivity contribution < 1.29 is 31.8 Å². The largest absolute Gasteiger partial charge is 0.481 e. The Morgan fingerprint density at radius 2 is 2.00 bits per heavy atom. The molecule has 0 unspecified atom stereocenters. The topological polar surface area (TPSA) is 42.4 Å². The van der Waals surface area contributed by atoms with Gasteiger partial charge in [0.1, 0.15) is 5.69 Å². The van der Waals surface area contributed by atoms with Gasteiger partial charge >= 0.3 is 6.18 Å². The molecule has 0 aliphatic rings. The second kappa shape index (κ2) is 4.82. The fourth-order valence-corrected chi connectivity index (χ4v) is 1.27. The molecular formula is C9H8F5NO2. The molecule has 1 rings (SSSR count). The van der Waals surface area contributed by atoms with Crippen LogP contribution in [-0.2, 0) is 12.8 Å². The quantitative estimate of drug-likeness (QED) is 0.846. The van der Waals surface area contributed by atoms with E-state index in [1.165, 1.54) is 0 Å². The van der Waals surface area contributed by atoms with E-state index >= 15 is 0 Å². The maximum absolute atomic E-state index is 12.6. The van der Waals surface area contributed by atoms with Crippen LogP contribution in [0.3, 0.4) is 0 Å². The highest BCUT2D eigenvalue weighted by Crippen LogP contribution is 2.37. The van der Waals surface area contributed by atoms with Gasteiger partial charge in [-0.25, -0.2) is 13.8 Å². The van der Waals surface area contributed by atoms with E-state index in [9.17, 15) is 22.0 Å². The third kappa shape index (κ3) is 2.82. The third-order valence-electron chi connectivity index (χ3n) is 2.01. The zero-order valence-corrected chi connectivity index (χ0v) is 8.55. The van der Waals surface area contributed by atoms with Crippen LogP contribution in [0.1, 0.15) is 23.2 Å². The first kappa shape index (κ1) is 13.6. The molecule has 0 saturated carbocycles. The summed E-state index contributed by atoms with van der Waals surface area (Å²) in [7, 11) is 1.01. The zero-order chi connectivity index (χ0) is 13.2. The molecular weight excluding hydrogens is 249 g/mol. The average molecular weight is 257 g/mol. The number of alkyl halides is 5. The first-order valence-electron chi connectivity index (χ1n) is 4.35. The van der Waals surface area contributed by atoms with E-state index in [2.05, 4.69) is 9.72 Å². The summed E-state index contributed by atoms with van der Waals surface area (Å²) in [6.45, 7) is -1.18. The molecule has 1 aromatic heterocycles. The number of aliphatic hydroxyl groups excluding tert-OH is 1. The number of nitrogens with zero attached hydrogens (tertiary/aromatic N) is 1. The van der Waals surface area contributed by atoms with Gasteiger partial charge in [-0.3, -0.25) is 0 Å². The first-order chi connectivity index (χ1) is 7.81. The van der Waals surface area contributed by atoms with Crippen LogP contribution in [0.4, 0.5) is 22.0 Å². The monoisotopic (exact) mass is 257 g/mol. The summed E-state index contributed by atoms with van der Waals surface area (Å²) < 4.78 is 67.1. The van der Waals surface area contributed by atoms with Gasteiger partial charge in [0.2, 0.25) is 5.88 Å². The molecule has 0 aliphatic heterocycles. The number of methoxy groups -OCH3 is 1. The van der Waals surface area contributed by atoms with Crippen LogP contribution < -0.4 is 4.74 Å². The minimum absolute atomic E-state index is 0.470. The fraction of sp³-hybridized carbons (Fsp3) is 0.444. The summed E-state index contributed by atoms with van der Waals surface area (Å²) in [5, 5.41) is 8.76. The SMILES string of the molecule is COc1cc(C(F)(F)F)c(CO)c(C(F)F)n1. The minimum atomic E-state index is -4.86. The predicted molar refractivity (Wildman–Crippen MR) is 46.7 cm³/mol. The van der Waals surface area contributed by atoms with Gasteiger partial charge in [0.05, 0.1) is 19.3 Å². The molecule has 0 saturated heterocycles. The minimum Gasteiger partial charge on any atom is -0.481 e. The number of halogens is 5. The van der Waals surface area contributed by atoms with Crippen LogP contribution in [0.2, 0.25) is 0 Å². The summed E-state index contributed by atoms with van der Waals surface area (Å²) in [6.07, 6.45) is -8.09. The summed E-state index contributed by atoms with van der Waals surface area (Å²) >= 11 is 0. The van der Waals surface area contributed by atoms with E-state index in [4.69, 9.17) is 5.11 Å². The van der Waals surface area contributed by atoms with E-state index in [0.717, 1.165) is 7.11 Å². The van der Waals surface area contributed by atoms with Gasteiger partial charge in [-0.2, -0.15) is 13.2 Å². The molecule has 1 aromatic rings. The first-order valence-corrected chi connectivity index (χ1v) is 4.35. The van der Waals surface area contributed by atoms with Crippen molar-refractivity contribution in [3.63, 3.8) is 0 Å². The number of rotatable bonds is 3. The van der Waals surface area contributed by atoms with Gasteiger partial charge in [-0.05, 0) is 0 Å². The Morgan fingerprint density at radius 3 is 2.35 bits per heavy atom. The highest BCUT2D eigenvalue weighted by Gasteiger charge is 2.36. The lowest BCUT2D eigenvalue weighted by Gasteiger charge is -2.15. The van der Waals surface area contributed by atoms with Gasteiger partial charge < -0.3 is 9.84 Å². The second-order valence-electron chi connectivity index (χ2n) is 3.03. The van der Waals surface area contributed by atoms with Crippen LogP contribution >= 0.6 is 0 Å². The standard InChI is InChI=1S/C9H8F5NO2/c1-17-6-2-5(9(12,13)14)4(3-16)7(15-6)8(10)11/h2,8,16H,3H2,1H3. The molecule has 3 nitrogen and oxygen atoms in total. The molecule has 0 fully saturated rings. The van der Waals surface area contributed by atoms with E-state index in [-0.39, 0.29) is 0 Å². The summed E-state index contributed by atoms with van der Waals surface area (Å²) in [6, 6.07) is 0.470. The Hall–Kier alpha value is -1.44. The van der Waals surface area contributed by atoms with Crippen LogP contribution in [-0.4, -0.2) is 17.2 Å². The molecule has 0 atom stereocenters. The van der Waals surface area contributed by atoms with Gasteiger partial charge in [0.25, 0.3) is 6.43 Å². The van der Waals surface area contributed by atoms with Crippen molar-refractivity contribution in [1.29, 1.82) is 0 Å². The number of aromatic nitrogens is 1. The Bertz CT molecular complexity index is 405. The normalized spacial score (nSPS) is 12.0. The maximum Gasteiger partial charge on any atom is 0.417 e. The van der Waals surface area contributed by atoms with E-state index < -0.39 is 41.9 Å². The third-order valence-corrected chi connectivity index (χ3v) is 2.01. The Kier molecular flexibility index (Phi) is 3.87. The Morgan fingerprint density at radius 1 is 1.41 bits per heavy atom. The van der Waals surface area contributed by atoms with Crippen LogP contribution in [0.5, 0.6) is 5.88 Å². The summed E-state index contributed by atoms with van der Waals surface area (Å²) in [5.74, 6) is -0.579. The molecule has 0 aliphatic carbocycles. The van der Waals surface area contributed by atoms with E-state index in [0.29, 0.717) is 6.07 Å². The molecule has 1 N–H and O–H groups in total. The van der Waals surface area contributed by atoms with E-state index in [1.54, 1.807) is 0 Å². The van der Waals surface area contributed by atoms with Crippen molar-refractivity contribution >= 4 is 0 Å². The van der Waals surface area contributed by atoms with Gasteiger partial charge in [0.15, 0.2) is 0 Å². The predicted octanol–water partition coefficient (Wildman–Crippen LogP) is 2.54. The van der Waals surface area contributed by atoms with Gasteiger partial charge in [-0.15, -0.1) is 0 Å². The van der Waals surface area contributed by atoms with Crippen LogP contribution in [0.25, 0.3) is 0 Å². The highest BCUT2D eigenvalue weighted by molar-refractivity contribution is 5.37. The molecule has 0 radical (unpaired) electrons. The zero-order valence-electron chi connectivity index (χ0n) is 8.55. The molecule has 96 valence electrons. The lowest BCUT2D eigenvalue weighted by atomic mass is 10.1. The average Bonchev–Trinajstić information content (AvgIpc) is 2.25. The van der Waals surface area contributed by atoms with Crippen molar-refractivity contribution in [3.05, 3.63) is 22.9 Å². The summed E-state index contributed by atoms with van der Waals surface area (Å²) in [4.78, 5) is 3.20. The maximum atomic E-state index is 12.6. The number of pyridine rings is 1. The lowest BCUT2D eigenvalue weighted by molar-refractivity contribution is -0.139. The second-order valence-corrected chi connectivity index (χ2v) is 3.03. The Labute approximate surface area is 92.8 Å². The molecule has 0 bridgehead atoms. The smallest absolute Gasteiger partial charge is 0.417 e. The Balaban J connectivity index is 3.51. The number of hydrogen-bond donors (Lipinski definition) is 1. The lowest BCUT2D eigenvalue weighted by Crippen LogP contribution is -2.14. The van der Waals surface area contributed by atoms with Crippen molar-refractivity contribution in [2.24, 2.45) is 0 Å². The number of ether oxygens (including phenoxy) is 1. The van der Waals surface area contributed by atoms with Crippen molar-refractivity contribution in [2.75, 3.05) is 7.11 Å². The highest BCUT2D eigenvalue weighted by atomic mass is 19.4. The molecule has 0 amide bonds. The van der Waals surface area contributed by atoms with Gasteiger partial charge in [0, 0.05) is 11.6 Å². The van der Waals surface area contributed by atoms with Crippen LogP contribution in [0.15, 0.2) is 6.07 Å². The van der Waals surface area contributed by atoms with Crippen molar-refractivity contribution in [3.8, 4) is 5.88 Å². The summed E-state index contributed by atoms with van der Waals surface area (Å²) in [5.41, 5.74) is -3.44. The van der Waals surface area contributed by atoms with Gasteiger partial charge in [-0.1, -0.05) is 0 Å². The molecule has 0 spiro atoms. The molecule has 8 heteroatoms. The molecule has 1 heterocycles. The van der Waals surface area contributed by atoms with Crippen molar-refractivity contribution in [2.45, 2.75) is 19.2 Å². The van der Waals surface area contributed by atoms with E-state index in [1.807, 2.05) is 0 Å². The van der Waals surface area contributed by atoms with Crippen molar-refractivity contribution in [1.82, 2.24) is 4.98 Å². The molecule has 0 aromatic carbocycles. The number of aliphatic hydroxyl groups is 1. The fourth-order valence-electron chi connectivity index (χ4n) is 1.27. The number of hydrogen-bond acceptors (Lipinski definition) is 3. The van der Waals surface area contributed by atoms with Crippen LogP contribution in [0, 0.1) is 0 Å². The molecule has 17 heavy (non-hydrogen) atoms.